The van der Waals surface area contributed by atoms with Crippen molar-refractivity contribution < 1.29 is 17.9 Å². The van der Waals surface area contributed by atoms with Crippen LogP contribution in [0.4, 0.5) is 13.2 Å². The number of halogens is 3. The van der Waals surface area contributed by atoms with Crippen LogP contribution in [0, 0.1) is 17.5 Å². The molecule has 1 unspecified atom stereocenters. The summed E-state index contributed by atoms with van der Waals surface area (Å²) >= 11 is 0. The van der Waals surface area contributed by atoms with Crippen molar-refractivity contribution in [1.29, 1.82) is 0 Å². The van der Waals surface area contributed by atoms with E-state index in [1.165, 1.54) is 0 Å². The second-order valence-electron chi connectivity index (χ2n) is 5.81. The first-order chi connectivity index (χ1) is 11.6. The Morgan fingerprint density at radius 1 is 1.17 bits per heavy atom. The lowest BCUT2D eigenvalue weighted by Gasteiger charge is -2.37. The van der Waals surface area contributed by atoms with Gasteiger partial charge in [0.15, 0.2) is 17.5 Å². The Hall–Kier alpha value is -2.05. The molecule has 0 aliphatic carbocycles. The van der Waals surface area contributed by atoms with Crippen molar-refractivity contribution in [3.63, 3.8) is 0 Å². The predicted molar refractivity (Wildman–Crippen MR) is 85.3 cm³/mol. The first kappa shape index (κ1) is 16.8. The number of piperazine rings is 1. The average molecular weight is 336 g/mol. The van der Waals surface area contributed by atoms with E-state index in [9.17, 15) is 13.2 Å². The largest absolute Gasteiger partial charge is 0.496 e. The summed E-state index contributed by atoms with van der Waals surface area (Å²) in [5.74, 6) is -2.98. The highest BCUT2D eigenvalue weighted by Gasteiger charge is 2.26. The van der Waals surface area contributed by atoms with Gasteiger partial charge in [-0.25, -0.2) is 13.2 Å². The van der Waals surface area contributed by atoms with Gasteiger partial charge in [0.25, 0.3) is 0 Å². The summed E-state index contributed by atoms with van der Waals surface area (Å²) in [6, 6.07) is 9.81. The zero-order valence-electron chi connectivity index (χ0n) is 13.4. The van der Waals surface area contributed by atoms with Crippen LogP contribution in [-0.4, -0.2) is 31.6 Å². The number of nitrogens with one attached hydrogen (secondary N) is 1. The van der Waals surface area contributed by atoms with Gasteiger partial charge in [0, 0.05) is 31.7 Å². The van der Waals surface area contributed by atoms with Crippen LogP contribution < -0.4 is 10.1 Å². The second-order valence-corrected chi connectivity index (χ2v) is 5.81. The van der Waals surface area contributed by atoms with Gasteiger partial charge in [-0.15, -0.1) is 0 Å². The van der Waals surface area contributed by atoms with E-state index in [0.717, 1.165) is 30.0 Å². The van der Waals surface area contributed by atoms with Crippen LogP contribution in [0.25, 0.3) is 0 Å². The highest BCUT2D eigenvalue weighted by Crippen LogP contribution is 2.31. The Labute approximate surface area is 139 Å². The molecule has 2 aromatic rings. The maximum Gasteiger partial charge on any atom is 0.194 e. The lowest BCUT2D eigenvalue weighted by Crippen LogP contribution is -2.45. The van der Waals surface area contributed by atoms with E-state index in [1.54, 1.807) is 7.11 Å². The predicted octanol–water partition coefficient (Wildman–Crippen LogP) is 3.26. The standard InChI is InChI=1S/C18H19F3N2O/c1-24-17-5-3-2-4-13(17)16-10-22-6-7-23(16)11-12-8-14(19)18(21)15(20)9-12/h2-5,8-9,16,22H,6-7,10-11H2,1H3. The number of methoxy groups -OCH3 is 1. The fourth-order valence-corrected chi connectivity index (χ4v) is 3.12. The maximum absolute atomic E-state index is 13.5. The first-order valence-corrected chi connectivity index (χ1v) is 7.81. The zero-order valence-corrected chi connectivity index (χ0v) is 13.4. The molecule has 1 atom stereocenters. The summed E-state index contributed by atoms with van der Waals surface area (Å²) < 4.78 is 45.5. The van der Waals surface area contributed by atoms with Crippen molar-refractivity contribution in [2.24, 2.45) is 0 Å². The van der Waals surface area contributed by atoms with Crippen LogP contribution >= 0.6 is 0 Å². The van der Waals surface area contributed by atoms with Crippen LogP contribution in [-0.2, 0) is 6.54 Å². The minimum atomic E-state index is -1.43. The Kier molecular flexibility index (Phi) is 5.06. The Balaban J connectivity index is 1.88. The fourth-order valence-electron chi connectivity index (χ4n) is 3.12. The summed E-state index contributed by atoms with van der Waals surface area (Å²) in [6.07, 6.45) is 0. The molecule has 0 spiro atoms. The van der Waals surface area contributed by atoms with Crippen molar-refractivity contribution in [2.45, 2.75) is 12.6 Å². The minimum Gasteiger partial charge on any atom is -0.496 e. The van der Waals surface area contributed by atoms with Gasteiger partial charge >= 0.3 is 0 Å². The monoisotopic (exact) mass is 336 g/mol. The molecule has 24 heavy (non-hydrogen) atoms. The molecule has 0 bridgehead atoms. The van der Waals surface area contributed by atoms with E-state index in [2.05, 4.69) is 10.2 Å². The quantitative estimate of drug-likeness (QED) is 0.868. The van der Waals surface area contributed by atoms with Gasteiger partial charge in [-0.3, -0.25) is 4.90 Å². The van der Waals surface area contributed by atoms with E-state index in [0.29, 0.717) is 25.2 Å². The molecule has 1 aliphatic heterocycles. The third-order valence-corrected chi connectivity index (χ3v) is 4.28. The van der Waals surface area contributed by atoms with Gasteiger partial charge in [0.2, 0.25) is 0 Å². The summed E-state index contributed by atoms with van der Waals surface area (Å²) in [5, 5.41) is 3.33. The van der Waals surface area contributed by atoms with E-state index in [4.69, 9.17) is 4.74 Å². The smallest absolute Gasteiger partial charge is 0.194 e. The van der Waals surface area contributed by atoms with Crippen LogP contribution in [0.15, 0.2) is 36.4 Å². The van der Waals surface area contributed by atoms with Crippen molar-refractivity contribution in [3.8, 4) is 5.75 Å². The Morgan fingerprint density at radius 2 is 1.88 bits per heavy atom. The fraction of sp³-hybridized carbons (Fsp3) is 0.333. The highest BCUT2D eigenvalue weighted by molar-refractivity contribution is 5.36. The number of rotatable bonds is 4. The third-order valence-electron chi connectivity index (χ3n) is 4.28. The lowest BCUT2D eigenvalue weighted by atomic mass is 10.0. The number of benzene rings is 2. The van der Waals surface area contributed by atoms with Crippen LogP contribution in [0.2, 0.25) is 0 Å². The molecule has 1 heterocycles. The minimum absolute atomic E-state index is 0.00563. The molecular formula is C18H19F3N2O. The topological polar surface area (TPSA) is 24.5 Å². The number of para-hydroxylation sites is 1. The molecule has 3 rings (SSSR count). The highest BCUT2D eigenvalue weighted by atomic mass is 19.2. The van der Waals surface area contributed by atoms with Crippen LogP contribution in [0.3, 0.4) is 0 Å². The number of hydrogen-bond donors (Lipinski definition) is 1. The summed E-state index contributed by atoms with van der Waals surface area (Å²) in [5.41, 5.74) is 1.42. The van der Waals surface area contributed by atoms with Gasteiger partial charge in [-0.2, -0.15) is 0 Å². The van der Waals surface area contributed by atoms with Gasteiger partial charge in [0.1, 0.15) is 5.75 Å². The lowest BCUT2D eigenvalue weighted by molar-refractivity contribution is 0.150. The maximum atomic E-state index is 13.5. The van der Waals surface area contributed by atoms with E-state index in [-0.39, 0.29) is 6.04 Å². The van der Waals surface area contributed by atoms with Crippen molar-refractivity contribution in [3.05, 3.63) is 65.0 Å². The number of hydrogen-bond acceptors (Lipinski definition) is 3. The normalized spacial score (nSPS) is 18.6. The van der Waals surface area contributed by atoms with E-state index in [1.807, 2.05) is 24.3 Å². The Morgan fingerprint density at radius 3 is 2.58 bits per heavy atom. The summed E-state index contributed by atoms with van der Waals surface area (Å²) in [4.78, 5) is 2.11. The molecule has 1 N–H and O–H groups in total. The van der Waals surface area contributed by atoms with Crippen LogP contribution in [0.5, 0.6) is 5.75 Å². The molecule has 1 aliphatic rings. The molecule has 0 aromatic heterocycles. The third kappa shape index (κ3) is 3.39. The molecule has 0 amide bonds. The van der Waals surface area contributed by atoms with Crippen molar-refractivity contribution in [1.82, 2.24) is 10.2 Å². The first-order valence-electron chi connectivity index (χ1n) is 7.81. The molecule has 0 saturated carbocycles. The van der Waals surface area contributed by atoms with Crippen LogP contribution in [0.1, 0.15) is 17.2 Å². The summed E-state index contributed by atoms with van der Waals surface area (Å²) in [7, 11) is 1.62. The van der Waals surface area contributed by atoms with Crippen molar-refractivity contribution >= 4 is 0 Å². The van der Waals surface area contributed by atoms with Crippen molar-refractivity contribution in [2.75, 3.05) is 26.7 Å². The molecule has 1 saturated heterocycles. The molecule has 6 heteroatoms. The summed E-state index contributed by atoms with van der Waals surface area (Å²) in [6.45, 7) is 2.52. The molecule has 0 radical (unpaired) electrons. The van der Waals surface area contributed by atoms with Gasteiger partial charge in [-0.05, 0) is 23.8 Å². The second kappa shape index (κ2) is 7.23. The molecule has 1 fully saturated rings. The molecule has 3 nitrogen and oxygen atoms in total. The zero-order chi connectivity index (χ0) is 17.1. The number of nitrogens with zero attached hydrogens (tertiary/aromatic N) is 1. The van der Waals surface area contributed by atoms with E-state index >= 15 is 0 Å². The Bertz CT molecular complexity index is 700. The van der Waals surface area contributed by atoms with Gasteiger partial charge in [0.05, 0.1) is 13.2 Å². The molecule has 2 aromatic carbocycles. The van der Waals surface area contributed by atoms with Gasteiger partial charge in [-0.1, -0.05) is 18.2 Å². The SMILES string of the molecule is COc1ccccc1C1CNCCN1Cc1cc(F)c(F)c(F)c1. The van der Waals surface area contributed by atoms with E-state index < -0.39 is 17.5 Å². The number of ether oxygens (including phenoxy) is 1. The molecule has 128 valence electrons. The molecular weight excluding hydrogens is 317 g/mol. The average Bonchev–Trinajstić information content (AvgIpc) is 2.60. The van der Waals surface area contributed by atoms with Gasteiger partial charge < -0.3 is 10.1 Å².